The molecule has 0 saturated heterocycles. The van der Waals surface area contributed by atoms with Crippen LogP contribution in [-0.2, 0) is 9.53 Å². The Morgan fingerprint density at radius 3 is 2.95 bits per heavy atom. The Morgan fingerprint density at radius 1 is 1.48 bits per heavy atom. The number of aryl methyl sites for hydroxylation is 1. The van der Waals surface area contributed by atoms with Gasteiger partial charge in [0, 0.05) is 0 Å². The van der Waals surface area contributed by atoms with E-state index in [0.717, 1.165) is 10.2 Å². The molecular formula is C14H15N3O3S. The summed E-state index contributed by atoms with van der Waals surface area (Å²) in [5, 5.41) is 6.25. The van der Waals surface area contributed by atoms with Crippen molar-refractivity contribution >= 4 is 33.0 Å². The Balaban J connectivity index is 2.24. The number of carbonyl (C=O) groups excluding carboxylic acids is 1. The fraction of sp³-hybridized carbons (Fsp3) is 0.357. The molecule has 0 saturated carbocycles. The second kappa shape index (κ2) is 5.00. The third-order valence-corrected chi connectivity index (χ3v) is 4.27. The second-order valence-corrected chi connectivity index (χ2v) is 5.71. The van der Waals surface area contributed by atoms with Gasteiger partial charge in [-0.1, -0.05) is 0 Å². The predicted molar refractivity (Wildman–Crippen MR) is 80.9 cm³/mol. The lowest BCUT2D eigenvalue weighted by Gasteiger charge is -2.14. The van der Waals surface area contributed by atoms with Crippen molar-refractivity contribution in [1.29, 1.82) is 0 Å². The van der Waals surface area contributed by atoms with Crippen molar-refractivity contribution in [2.24, 2.45) is 0 Å². The number of hydrogen-bond acceptors (Lipinski definition) is 5. The molecule has 21 heavy (non-hydrogen) atoms. The van der Waals surface area contributed by atoms with Gasteiger partial charge in [0.15, 0.2) is 6.04 Å². The SMILES string of the molecule is CCOC(=O)[C@H](C)n1nc(C)n2c(cc3sccc32)c1=O. The number of fused-ring (bicyclic) bond motifs is 3. The molecule has 0 aromatic carbocycles. The first-order valence-corrected chi connectivity index (χ1v) is 7.57. The maximum absolute atomic E-state index is 12.6. The van der Waals surface area contributed by atoms with Gasteiger partial charge in [0.25, 0.3) is 5.56 Å². The van der Waals surface area contributed by atoms with Crippen LogP contribution in [0.15, 0.2) is 22.3 Å². The van der Waals surface area contributed by atoms with E-state index in [2.05, 4.69) is 5.10 Å². The van der Waals surface area contributed by atoms with Gasteiger partial charge in [-0.25, -0.2) is 9.48 Å². The first-order chi connectivity index (χ1) is 10.0. The highest BCUT2D eigenvalue weighted by Crippen LogP contribution is 2.24. The molecule has 0 unspecified atom stereocenters. The van der Waals surface area contributed by atoms with Gasteiger partial charge >= 0.3 is 5.97 Å². The minimum atomic E-state index is -0.742. The minimum Gasteiger partial charge on any atom is -0.464 e. The normalized spacial score (nSPS) is 12.9. The topological polar surface area (TPSA) is 65.6 Å². The lowest BCUT2D eigenvalue weighted by molar-refractivity contribution is -0.147. The van der Waals surface area contributed by atoms with Gasteiger partial charge in [0.1, 0.15) is 11.3 Å². The van der Waals surface area contributed by atoms with Crippen molar-refractivity contribution in [2.45, 2.75) is 26.8 Å². The smallest absolute Gasteiger partial charge is 0.330 e. The number of aromatic nitrogens is 3. The number of carbonyl (C=O) groups is 1. The van der Waals surface area contributed by atoms with E-state index in [1.54, 1.807) is 25.2 Å². The molecule has 0 aliphatic carbocycles. The van der Waals surface area contributed by atoms with E-state index < -0.39 is 12.0 Å². The third-order valence-electron chi connectivity index (χ3n) is 3.42. The molecule has 3 heterocycles. The number of esters is 1. The molecule has 3 rings (SSSR count). The van der Waals surface area contributed by atoms with Crippen LogP contribution in [0.4, 0.5) is 0 Å². The zero-order valence-corrected chi connectivity index (χ0v) is 12.8. The molecule has 0 aliphatic heterocycles. The summed E-state index contributed by atoms with van der Waals surface area (Å²) >= 11 is 1.57. The molecule has 6 nitrogen and oxygen atoms in total. The highest BCUT2D eigenvalue weighted by molar-refractivity contribution is 7.17. The van der Waals surface area contributed by atoms with Crippen molar-refractivity contribution < 1.29 is 9.53 Å². The van der Waals surface area contributed by atoms with Crippen LogP contribution in [0.2, 0.25) is 0 Å². The average molecular weight is 305 g/mol. The summed E-state index contributed by atoms with van der Waals surface area (Å²) < 4.78 is 9.01. The number of thiophene rings is 1. The summed E-state index contributed by atoms with van der Waals surface area (Å²) in [4.78, 5) is 24.4. The first-order valence-electron chi connectivity index (χ1n) is 6.69. The molecule has 0 N–H and O–H groups in total. The standard InChI is InChI=1S/C14H15N3O3S/c1-4-20-14(19)8(2)17-13(18)11-7-12-10(5-6-21-12)16(11)9(3)15-17/h5-8H,4H2,1-3H3/t8-/m0/s1. The lowest BCUT2D eigenvalue weighted by Crippen LogP contribution is -2.33. The van der Waals surface area contributed by atoms with E-state index >= 15 is 0 Å². The molecule has 3 aromatic heterocycles. The number of rotatable bonds is 3. The Kier molecular flexibility index (Phi) is 3.29. The zero-order valence-electron chi connectivity index (χ0n) is 12.0. The quantitative estimate of drug-likeness (QED) is 0.695. The Morgan fingerprint density at radius 2 is 2.24 bits per heavy atom. The van der Waals surface area contributed by atoms with Crippen LogP contribution in [0.3, 0.4) is 0 Å². The van der Waals surface area contributed by atoms with Crippen LogP contribution in [0.1, 0.15) is 25.7 Å². The Labute approximate surface area is 124 Å². The molecule has 0 aliphatic rings. The summed E-state index contributed by atoms with van der Waals surface area (Å²) in [5.74, 6) is 0.207. The van der Waals surface area contributed by atoms with Gasteiger partial charge in [-0.2, -0.15) is 5.10 Å². The molecule has 0 spiro atoms. The maximum atomic E-state index is 12.6. The second-order valence-electron chi connectivity index (χ2n) is 4.76. The Hall–Kier alpha value is -2.15. The van der Waals surface area contributed by atoms with Gasteiger partial charge in [-0.3, -0.25) is 9.20 Å². The van der Waals surface area contributed by atoms with Crippen molar-refractivity contribution in [1.82, 2.24) is 14.2 Å². The maximum Gasteiger partial charge on any atom is 0.330 e. The predicted octanol–water partition coefficient (Wildman–Crippen LogP) is 2.14. The Bertz CT molecular complexity index is 890. The van der Waals surface area contributed by atoms with Crippen LogP contribution < -0.4 is 5.56 Å². The fourth-order valence-electron chi connectivity index (χ4n) is 2.42. The van der Waals surface area contributed by atoms with Gasteiger partial charge < -0.3 is 4.74 Å². The summed E-state index contributed by atoms with van der Waals surface area (Å²) in [7, 11) is 0. The van der Waals surface area contributed by atoms with Crippen LogP contribution in [0.25, 0.3) is 15.7 Å². The van der Waals surface area contributed by atoms with Crippen molar-refractivity contribution in [3.05, 3.63) is 33.7 Å². The summed E-state index contributed by atoms with van der Waals surface area (Å²) in [6, 6.07) is 3.06. The third kappa shape index (κ3) is 2.04. The number of ether oxygens (including phenoxy) is 1. The van der Waals surface area contributed by atoms with Crippen molar-refractivity contribution in [3.63, 3.8) is 0 Å². The largest absolute Gasteiger partial charge is 0.464 e. The van der Waals surface area contributed by atoms with E-state index in [4.69, 9.17) is 4.74 Å². The van der Waals surface area contributed by atoms with Crippen LogP contribution in [0, 0.1) is 6.92 Å². The van der Waals surface area contributed by atoms with Gasteiger partial charge in [0.05, 0.1) is 16.8 Å². The van der Waals surface area contributed by atoms with Gasteiger partial charge in [0.2, 0.25) is 0 Å². The van der Waals surface area contributed by atoms with Gasteiger partial charge in [-0.05, 0) is 38.3 Å². The van der Waals surface area contributed by atoms with Crippen molar-refractivity contribution in [2.75, 3.05) is 6.61 Å². The molecule has 0 radical (unpaired) electrons. The van der Waals surface area contributed by atoms with Crippen LogP contribution in [-0.4, -0.2) is 26.8 Å². The van der Waals surface area contributed by atoms with E-state index in [1.807, 2.05) is 28.8 Å². The van der Waals surface area contributed by atoms with E-state index in [9.17, 15) is 9.59 Å². The molecule has 7 heteroatoms. The van der Waals surface area contributed by atoms with E-state index in [0.29, 0.717) is 11.3 Å². The molecule has 0 fully saturated rings. The van der Waals surface area contributed by atoms with E-state index in [1.165, 1.54) is 4.68 Å². The fourth-order valence-corrected chi connectivity index (χ4v) is 3.22. The summed E-state index contributed by atoms with van der Waals surface area (Å²) in [6.07, 6.45) is 0. The van der Waals surface area contributed by atoms with E-state index in [-0.39, 0.29) is 12.2 Å². The molecule has 0 bridgehead atoms. The monoisotopic (exact) mass is 305 g/mol. The zero-order chi connectivity index (χ0) is 15.1. The average Bonchev–Trinajstić information content (AvgIpc) is 3.02. The molecule has 1 atom stereocenters. The van der Waals surface area contributed by atoms with Gasteiger partial charge in [-0.15, -0.1) is 11.3 Å². The molecule has 110 valence electrons. The molecule has 3 aromatic rings. The number of nitrogens with zero attached hydrogens (tertiary/aromatic N) is 3. The summed E-state index contributed by atoms with van der Waals surface area (Å²) in [5.41, 5.74) is 1.21. The van der Waals surface area contributed by atoms with Crippen molar-refractivity contribution in [3.8, 4) is 0 Å². The van der Waals surface area contributed by atoms with Crippen LogP contribution >= 0.6 is 11.3 Å². The molecular weight excluding hydrogens is 290 g/mol. The summed E-state index contributed by atoms with van der Waals surface area (Å²) in [6.45, 7) is 5.45. The highest BCUT2D eigenvalue weighted by Gasteiger charge is 2.21. The number of hydrogen-bond donors (Lipinski definition) is 0. The highest BCUT2D eigenvalue weighted by atomic mass is 32.1. The minimum absolute atomic E-state index is 0.278. The lowest BCUT2D eigenvalue weighted by atomic mass is 10.3. The first kappa shape index (κ1) is 13.8. The van der Waals surface area contributed by atoms with Crippen LogP contribution in [0.5, 0.6) is 0 Å². The molecule has 0 amide bonds.